The zero-order valence-corrected chi connectivity index (χ0v) is 20.2. The maximum absolute atomic E-state index is 13.4. The minimum Gasteiger partial charge on any atom is -0.335 e. The topological polar surface area (TPSA) is 83.7 Å². The van der Waals surface area contributed by atoms with Gasteiger partial charge in [0.2, 0.25) is 0 Å². The molecule has 1 saturated heterocycles. The maximum atomic E-state index is 13.4. The molecule has 0 unspecified atom stereocenters. The molecule has 170 valence electrons. The smallest absolute Gasteiger partial charge is 0.264 e. The van der Waals surface area contributed by atoms with Gasteiger partial charge in [-0.05, 0) is 32.3 Å². The quantitative estimate of drug-likeness (QED) is 0.446. The van der Waals surface area contributed by atoms with Gasteiger partial charge in [0.15, 0.2) is 4.96 Å². The number of thiazole rings is 1. The monoisotopic (exact) mass is 480 g/mol. The van der Waals surface area contributed by atoms with Crippen LogP contribution >= 0.6 is 22.7 Å². The summed E-state index contributed by atoms with van der Waals surface area (Å²) in [6.07, 6.45) is 4.08. The van der Waals surface area contributed by atoms with E-state index in [4.69, 9.17) is 9.97 Å². The Morgan fingerprint density at radius 1 is 1.12 bits per heavy atom. The number of hydrogen-bond donors (Lipinski definition) is 0. The van der Waals surface area contributed by atoms with Gasteiger partial charge in [0.05, 0.1) is 16.3 Å². The lowest BCUT2D eigenvalue weighted by Crippen LogP contribution is -2.48. The highest BCUT2D eigenvalue weighted by Crippen LogP contribution is 2.40. The average molecular weight is 481 g/mol. The molecule has 0 bridgehead atoms. The molecule has 0 spiro atoms. The Hall–Kier alpha value is -2.69. The second-order valence-electron chi connectivity index (χ2n) is 8.89. The van der Waals surface area contributed by atoms with Crippen LogP contribution in [-0.2, 0) is 6.54 Å². The van der Waals surface area contributed by atoms with Crippen LogP contribution in [0.4, 0.5) is 0 Å². The van der Waals surface area contributed by atoms with Crippen molar-refractivity contribution in [2.45, 2.75) is 39.2 Å². The summed E-state index contributed by atoms with van der Waals surface area (Å²) in [6, 6.07) is 1.61. The molecule has 5 heterocycles. The minimum atomic E-state index is -0.0477. The Labute approximate surface area is 198 Å². The van der Waals surface area contributed by atoms with Gasteiger partial charge in [-0.2, -0.15) is 0 Å². The molecule has 10 heteroatoms. The molecule has 4 aromatic rings. The molecule has 4 aromatic heterocycles. The Morgan fingerprint density at radius 2 is 1.91 bits per heavy atom. The van der Waals surface area contributed by atoms with Gasteiger partial charge in [-0.15, -0.1) is 22.7 Å². The number of nitrogens with zero attached hydrogens (tertiary/aromatic N) is 6. The number of rotatable bonds is 4. The van der Waals surface area contributed by atoms with Crippen molar-refractivity contribution in [2.24, 2.45) is 0 Å². The number of thiophene rings is 1. The number of aromatic nitrogens is 4. The molecule has 33 heavy (non-hydrogen) atoms. The lowest BCUT2D eigenvalue weighted by Gasteiger charge is -2.34. The summed E-state index contributed by atoms with van der Waals surface area (Å²) in [7, 11) is 0. The van der Waals surface area contributed by atoms with Crippen molar-refractivity contribution in [2.75, 3.05) is 26.2 Å². The molecule has 1 aliphatic heterocycles. The van der Waals surface area contributed by atoms with E-state index >= 15 is 0 Å². The number of amides is 1. The third kappa shape index (κ3) is 3.75. The standard InChI is InChI=1S/C23H24N6O2S2/c1-13-18-14(2)24-20(15-3-4-15)26-21(18)33-19(13)22(31)28-7-5-27(6-8-28)12-16-11-17(30)29-9-10-32-23(29)25-16/h9-11,15H,3-8,12H2,1-2H3. The van der Waals surface area contributed by atoms with Crippen molar-refractivity contribution in [3.8, 4) is 0 Å². The van der Waals surface area contributed by atoms with E-state index in [1.807, 2.05) is 24.1 Å². The van der Waals surface area contributed by atoms with Crippen LogP contribution in [-0.4, -0.2) is 61.2 Å². The van der Waals surface area contributed by atoms with Crippen LogP contribution < -0.4 is 5.56 Å². The number of carbonyl (C=O) groups is 1. The Morgan fingerprint density at radius 3 is 2.67 bits per heavy atom. The fourth-order valence-electron chi connectivity index (χ4n) is 4.54. The molecule has 2 fully saturated rings. The van der Waals surface area contributed by atoms with Crippen LogP contribution in [0.25, 0.3) is 15.2 Å². The van der Waals surface area contributed by atoms with Gasteiger partial charge < -0.3 is 4.90 Å². The van der Waals surface area contributed by atoms with E-state index in [0.717, 1.165) is 68.8 Å². The zero-order valence-electron chi connectivity index (χ0n) is 18.6. The second-order valence-corrected chi connectivity index (χ2v) is 10.8. The van der Waals surface area contributed by atoms with Crippen LogP contribution in [0.3, 0.4) is 0 Å². The van der Waals surface area contributed by atoms with Gasteiger partial charge in [0.25, 0.3) is 11.5 Å². The number of carbonyl (C=O) groups excluding carboxylic acids is 1. The normalized spacial score (nSPS) is 17.3. The highest BCUT2D eigenvalue weighted by atomic mass is 32.1. The fraction of sp³-hybridized carbons (Fsp3) is 0.435. The summed E-state index contributed by atoms with van der Waals surface area (Å²) >= 11 is 2.97. The van der Waals surface area contributed by atoms with Crippen molar-refractivity contribution in [3.05, 3.63) is 55.6 Å². The molecule has 1 aliphatic carbocycles. The molecule has 6 rings (SSSR count). The van der Waals surface area contributed by atoms with Crippen molar-refractivity contribution in [1.82, 2.24) is 29.2 Å². The van der Waals surface area contributed by atoms with Gasteiger partial charge >= 0.3 is 0 Å². The number of fused-ring (bicyclic) bond motifs is 2. The van der Waals surface area contributed by atoms with Gasteiger partial charge in [-0.1, -0.05) is 0 Å². The average Bonchev–Trinajstić information content (AvgIpc) is 3.45. The lowest BCUT2D eigenvalue weighted by atomic mass is 10.1. The van der Waals surface area contributed by atoms with Gasteiger partial charge in [-0.3, -0.25) is 18.9 Å². The molecular formula is C23H24N6O2S2. The summed E-state index contributed by atoms with van der Waals surface area (Å²) in [5.41, 5.74) is 2.71. The molecule has 2 aliphatic rings. The van der Waals surface area contributed by atoms with Crippen LogP contribution in [0, 0.1) is 13.8 Å². The largest absolute Gasteiger partial charge is 0.335 e. The van der Waals surface area contributed by atoms with E-state index in [9.17, 15) is 9.59 Å². The van der Waals surface area contributed by atoms with Crippen LogP contribution in [0.15, 0.2) is 22.4 Å². The van der Waals surface area contributed by atoms with E-state index in [2.05, 4.69) is 9.88 Å². The Kier molecular flexibility index (Phi) is 5.04. The van der Waals surface area contributed by atoms with Crippen LogP contribution in [0.5, 0.6) is 0 Å². The number of piperazine rings is 1. The fourth-order valence-corrected chi connectivity index (χ4v) is 6.48. The maximum Gasteiger partial charge on any atom is 0.264 e. The predicted octanol–water partition coefficient (Wildman–Crippen LogP) is 3.21. The first-order valence-electron chi connectivity index (χ1n) is 11.2. The van der Waals surface area contributed by atoms with E-state index in [1.165, 1.54) is 22.7 Å². The third-order valence-electron chi connectivity index (χ3n) is 6.53. The van der Waals surface area contributed by atoms with Gasteiger partial charge in [-0.25, -0.2) is 15.0 Å². The highest BCUT2D eigenvalue weighted by molar-refractivity contribution is 7.20. The van der Waals surface area contributed by atoms with Gasteiger partial charge in [0.1, 0.15) is 10.7 Å². The van der Waals surface area contributed by atoms with Crippen LogP contribution in [0.1, 0.15) is 51.2 Å². The van der Waals surface area contributed by atoms with Crippen molar-refractivity contribution in [3.63, 3.8) is 0 Å². The van der Waals surface area contributed by atoms with Crippen molar-refractivity contribution in [1.29, 1.82) is 0 Å². The van der Waals surface area contributed by atoms with Crippen molar-refractivity contribution >= 4 is 43.8 Å². The molecule has 8 nitrogen and oxygen atoms in total. The lowest BCUT2D eigenvalue weighted by molar-refractivity contribution is 0.0631. The Balaban J connectivity index is 1.17. The number of aryl methyl sites for hydroxylation is 2. The zero-order chi connectivity index (χ0) is 22.7. The summed E-state index contributed by atoms with van der Waals surface area (Å²) in [5.74, 6) is 1.51. The first-order chi connectivity index (χ1) is 16.0. The molecule has 1 amide bonds. The first-order valence-corrected chi connectivity index (χ1v) is 12.9. The molecule has 0 aromatic carbocycles. The Bertz CT molecular complexity index is 1440. The van der Waals surface area contributed by atoms with E-state index < -0.39 is 0 Å². The molecular weight excluding hydrogens is 456 g/mol. The van der Waals surface area contributed by atoms with E-state index in [-0.39, 0.29) is 11.5 Å². The molecule has 0 N–H and O–H groups in total. The SMILES string of the molecule is Cc1nc(C2CC2)nc2sc(C(=O)N3CCN(Cc4cc(=O)n5ccsc5n4)CC3)c(C)c12. The number of hydrogen-bond acceptors (Lipinski definition) is 8. The predicted molar refractivity (Wildman–Crippen MR) is 129 cm³/mol. The molecule has 0 radical (unpaired) electrons. The first kappa shape index (κ1) is 20.9. The third-order valence-corrected chi connectivity index (χ3v) is 8.46. The summed E-state index contributed by atoms with van der Waals surface area (Å²) in [6.45, 7) is 7.48. The summed E-state index contributed by atoms with van der Waals surface area (Å²) < 4.78 is 1.57. The summed E-state index contributed by atoms with van der Waals surface area (Å²) in [5, 5.41) is 2.90. The van der Waals surface area contributed by atoms with Gasteiger partial charge in [0, 0.05) is 61.7 Å². The van der Waals surface area contributed by atoms with Crippen LogP contribution in [0.2, 0.25) is 0 Å². The van der Waals surface area contributed by atoms with E-state index in [0.29, 0.717) is 25.6 Å². The minimum absolute atomic E-state index is 0.0477. The molecule has 1 saturated carbocycles. The van der Waals surface area contributed by atoms with Crippen molar-refractivity contribution < 1.29 is 4.79 Å². The second kappa shape index (κ2) is 7.96. The van der Waals surface area contributed by atoms with E-state index in [1.54, 1.807) is 16.7 Å². The summed E-state index contributed by atoms with van der Waals surface area (Å²) in [4.78, 5) is 46.3. The highest BCUT2D eigenvalue weighted by Gasteiger charge is 2.30. The molecule has 0 atom stereocenters.